The number of thiazole rings is 1. The van der Waals surface area contributed by atoms with Gasteiger partial charge < -0.3 is 16.0 Å². The molecule has 1 atom stereocenters. The first kappa shape index (κ1) is 16.4. The summed E-state index contributed by atoms with van der Waals surface area (Å²) in [5.41, 5.74) is 5.93. The second-order valence-electron chi connectivity index (χ2n) is 5.41. The van der Waals surface area contributed by atoms with Gasteiger partial charge in [0.2, 0.25) is 0 Å². The first-order valence-electron chi connectivity index (χ1n) is 7.43. The number of nitrogens with two attached hydrogens (primary N) is 1. The van der Waals surface area contributed by atoms with Crippen molar-refractivity contribution in [3.05, 3.63) is 4.88 Å². The summed E-state index contributed by atoms with van der Waals surface area (Å²) in [6.07, 6.45) is 6.68. The van der Waals surface area contributed by atoms with E-state index in [2.05, 4.69) is 21.5 Å². The van der Waals surface area contributed by atoms with Crippen LogP contribution >= 0.6 is 23.1 Å². The molecule has 21 heavy (non-hydrogen) atoms. The SMILES string of the molecule is CSCCC(C)NC(=O)c1sc(N2CCCCC2)nc1N. The molecule has 0 radical (unpaired) electrons. The van der Waals surface area contributed by atoms with Gasteiger partial charge >= 0.3 is 0 Å². The van der Waals surface area contributed by atoms with E-state index < -0.39 is 0 Å². The van der Waals surface area contributed by atoms with Gasteiger partial charge in [-0.2, -0.15) is 11.8 Å². The topological polar surface area (TPSA) is 71.2 Å². The molecule has 7 heteroatoms. The van der Waals surface area contributed by atoms with Gasteiger partial charge in [-0.25, -0.2) is 4.98 Å². The molecule has 1 aliphatic rings. The van der Waals surface area contributed by atoms with Crippen LogP contribution in [-0.2, 0) is 0 Å². The normalized spacial score (nSPS) is 16.8. The molecule has 0 aromatic carbocycles. The van der Waals surface area contributed by atoms with Gasteiger partial charge in [-0.1, -0.05) is 11.3 Å². The number of hydrogen-bond donors (Lipinski definition) is 2. The lowest BCUT2D eigenvalue weighted by molar-refractivity contribution is 0.0944. The summed E-state index contributed by atoms with van der Waals surface area (Å²) >= 11 is 3.20. The van der Waals surface area contributed by atoms with Crippen LogP contribution in [0, 0.1) is 0 Å². The molecular weight excluding hydrogens is 304 g/mol. The zero-order valence-corrected chi connectivity index (χ0v) is 14.4. The van der Waals surface area contributed by atoms with Gasteiger partial charge in [-0.15, -0.1) is 0 Å². The third-order valence-corrected chi connectivity index (χ3v) is 5.38. The smallest absolute Gasteiger partial charge is 0.265 e. The number of carbonyl (C=O) groups is 1. The van der Waals surface area contributed by atoms with Crippen molar-refractivity contribution < 1.29 is 4.79 Å². The number of carbonyl (C=O) groups excluding carboxylic acids is 1. The molecule has 5 nitrogen and oxygen atoms in total. The summed E-state index contributed by atoms with van der Waals surface area (Å²) in [5.74, 6) is 1.30. The van der Waals surface area contributed by atoms with Crippen LogP contribution in [0.4, 0.5) is 10.9 Å². The molecule has 1 saturated heterocycles. The fourth-order valence-electron chi connectivity index (χ4n) is 2.36. The average molecular weight is 329 g/mol. The predicted octanol–water partition coefficient (Wildman–Crippen LogP) is 2.59. The van der Waals surface area contributed by atoms with E-state index in [1.54, 1.807) is 11.8 Å². The minimum atomic E-state index is -0.0955. The lowest BCUT2D eigenvalue weighted by Gasteiger charge is -2.25. The van der Waals surface area contributed by atoms with Crippen LogP contribution in [0.3, 0.4) is 0 Å². The van der Waals surface area contributed by atoms with Crippen LogP contribution < -0.4 is 16.0 Å². The van der Waals surface area contributed by atoms with Gasteiger partial charge in [0.15, 0.2) is 5.13 Å². The van der Waals surface area contributed by atoms with E-state index in [-0.39, 0.29) is 11.9 Å². The maximum atomic E-state index is 12.3. The Bertz CT molecular complexity index is 472. The highest BCUT2D eigenvalue weighted by Gasteiger charge is 2.21. The van der Waals surface area contributed by atoms with Crippen LogP contribution in [-0.4, -0.2) is 42.0 Å². The first-order chi connectivity index (χ1) is 10.1. The van der Waals surface area contributed by atoms with Crippen molar-refractivity contribution >= 4 is 40.0 Å². The highest BCUT2D eigenvalue weighted by molar-refractivity contribution is 7.98. The number of anilines is 2. The number of nitrogen functional groups attached to an aromatic ring is 1. The van der Waals surface area contributed by atoms with Gasteiger partial charge in [0.25, 0.3) is 5.91 Å². The molecule has 2 heterocycles. The molecular formula is C14H24N4OS2. The van der Waals surface area contributed by atoms with E-state index in [4.69, 9.17) is 5.73 Å². The average Bonchev–Trinajstić information content (AvgIpc) is 2.88. The van der Waals surface area contributed by atoms with Gasteiger partial charge in [-0.05, 0) is 44.6 Å². The van der Waals surface area contributed by atoms with E-state index in [1.807, 2.05) is 6.92 Å². The van der Waals surface area contributed by atoms with E-state index in [9.17, 15) is 4.79 Å². The van der Waals surface area contributed by atoms with Crippen molar-refractivity contribution in [2.45, 2.75) is 38.6 Å². The largest absolute Gasteiger partial charge is 0.382 e. The highest BCUT2D eigenvalue weighted by atomic mass is 32.2. The number of piperidine rings is 1. The molecule has 3 N–H and O–H groups in total. The number of hydrogen-bond acceptors (Lipinski definition) is 6. The van der Waals surface area contributed by atoms with Crippen molar-refractivity contribution in [3.8, 4) is 0 Å². The molecule has 0 saturated carbocycles. The second kappa shape index (κ2) is 7.89. The van der Waals surface area contributed by atoms with E-state index in [0.717, 1.165) is 30.4 Å². The molecule has 1 unspecified atom stereocenters. The number of thioether (sulfide) groups is 1. The number of rotatable bonds is 6. The number of aromatic nitrogens is 1. The molecule has 2 rings (SSSR count). The zero-order valence-electron chi connectivity index (χ0n) is 12.7. The predicted molar refractivity (Wildman–Crippen MR) is 92.5 cm³/mol. The van der Waals surface area contributed by atoms with Crippen LogP contribution in [0.5, 0.6) is 0 Å². The summed E-state index contributed by atoms with van der Waals surface area (Å²) in [4.78, 5) is 19.5. The zero-order chi connectivity index (χ0) is 15.2. The molecule has 0 bridgehead atoms. The fourth-order valence-corrected chi connectivity index (χ4v) is 3.89. The van der Waals surface area contributed by atoms with E-state index in [1.165, 1.54) is 30.6 Å². The molecule has 0 aliphatic carbocycles. The summed E-state index contributed by atoms with van der Waals surface area (Å²) < 4.78 is 0. The third kappa shape index (κ3) is 4.51. The minimum Gasteiger partial charge on any atom is -0.382 e. The first-order valence-corrected chi connectivity index (χ1v) is 9.64. The van der Waals surface area contributed by atoms with Crippen molar-refractivity contribution in [2.75, 3.05) is 35.7 Å². The summed E-state index contributed by atoms with van der Waals surface area (Å²) in [7, 11) is 0. The Labute approximate surface area is 134 Å². The van der Waals surface area contributed by atoms with Gasteiger partial charge in [0.05, 0.1) is 0 Å². The lowest BCUT2D eigenvalue weighted by atomic mass is 10.1. The van der Waals surface area contributed by atoms with Crippen molar-refractivity contribution in [3.63, 3.8) is 0 Å². The standard InChI is InChI=1S/C14H24N4OS2/c1-10(6-9-20-2)16-13(19)11-12(15)17-14(21-11)18-7-4-3-5-8-18/h10H,3-9,15H2,1-2H3,(H,16,19). The van der Waals surface area contributed by atoms with Crippen molar-refractivity contribution in [1.29, 1.82) is 0 Å². The Hall–Kier alpha value is -0.950. The van der Waals surface area contributed by atoms with Crippen molar-refractivity contribution in [1.82, 2.24) is 10.3 Å². The van der Waals surface area contributed by atoms with Crippen LogP contribution in [0.1, 0.15) is 42.3 Å². The van der Waals surface area contributed by atoms with E-state index in [0.29, 0.717) is 10.7 Å². The van der Waals surface area contributed by atoms with Gasteiger partial charge in [-0.3, -0.25) is 4.79 Å². The van der Waals surface area contributed by atoms with Crippen LogP contribution in [0.25, 0.3) is 0 Å². The molecule has 0 spiro atoms. The molecule has 1 aliphatic heterocycles. The monoisotopic (exact) mass is 328 g/mol. The molecule has 1 fully saturated rings. The molecule has 118 valence electrons. The maximum Gasteiger partial charge on any atom is 0.265 e. The van der Waals surface area contributed by atoms with Gasteiger partial charge in [0.1, 0.15) is 10.7 Å². The summed E-state index contributed by atoms with van der Waals surface area (Å²) in [6, 6.07) is 0.157. The Kier molecular flexibility index (Phi) is 6.17. The van der Waals surface area contributed by atoms with Crippen LogP contribution in [0.15, 0.2) is 0 Å². The lowest BCUT2D eigenvalue weighted by Crippen LogP contribution is -2.32. The minimum absolute atomic E-state index is 0.0955. The molecule has 1 amide bonds. The molecule has 1 aromatic rings. The Morgan fingerprint density at radius 3 is 2.86 bits per heavy atom. The molecule has 1 aromatic heterocycles. The third-order valence-electron chi connectivity index (χ3n) is 3.61. The van der Waals surface area contributed by atoms with Crippen LogP contribution in [0.2, 0.25) is 0 Å². The van der Waals surface area contributed by atoms with E-state index >= 15 is 0 Å². The Morgan fingerprint density at radius 2 is 2.19 bits per heavy atom. The van der Waals surface area contributed by atoms with Gasteiger partial charge in [0, 0.05) is 19.1 Å². The second-order valence-corrected chi connectivity index (χ2v) is 7.38. The Balaban J connectivity index is 1.99. The summed E-state index contributed by atoms with van der Waals surface area (Å²) in [5, 5.41) is 3.89. The number of nitrogens with zero attached hydrogens (tertiary/aromatic N) is 2. The number of nitrogens with one attached hydrogen (secondary N) is 1. The van der Waals surface area contributed by atoms with Crippen molar-refractivity contribution in [2.24, 2.45) is 0 Å². The Morgan fingerprint density at radius 1 is 1.48 bits per heavy atom. The maximum absolute atomic E-state index is 12.3. The highest BCUT2D eigenvalue weighted by Crippen LogP contribution is 2.30. The quantitative estimate of drug-likeness (QED) is 0.840. The fraction of sp³-hybridized carbons (Fsp3) is 0.714. The number of amides is 1. The summed E-state index contributed by atoms with van der Waals surface area (Å²) in [6.45, 7) is 4.05.